The number of nitrogens with zero attached hydrogens (tertiary/aromatic N) is 2. The molecule has 1 fully saturated rings. The van der Waals surface area contributed by atoms with Gasteiger partial charge >= 0.3 is 5.97 Å². The number of hydrogen-bond donors (Lipinski definition) is 2. The van der Waals surface area contributed by atoms with Gasteiger partial charge in [0.1, 0.15) is 5.56 Å². The molecule has 2 N–H and O–H groups in total. The molecule has 0 bridgehead atoms. The summed E-state index contributed by atoms with van der Waals surface area (Å²) in [7, 11) is 1.61. The maximum atomic E-state index is 14.3. The minimum Gasteiger partial charge on any atom is -0.463 e. The average Bonchev–Trinajstić information content (AvgIpc) is 3.10. The summed E-state index contributed by atoms with van der Waals surface area (Å²) in [5.74, 6) is -1.02. The van der Waals surface area contributed by atoms with Crippen molar-refractivity contribution >= 4 is 23.7 Å². The number of likely N-dealkylation sites (tertiary alicyclic amines) is 1. The first kappa shape index (κ1) is 35.6. The van der Waals surface area contributed by atoms with E-state index in [9.17, 15) is 24.0 Å². The number of benzene rings is 2. The smallest absolute Gasteiger partial charge is 0.306 e. The second-order valence-electron chi connectivity index (χ2n) is 13.5. The van der Waals surface area contributed by atoms with Crippen molar-refractivity contribution in [3.05, 3.63) is 106 Å². The van der Waals surface area contributed by atoms with E-state index >= 15 is 0 Å². The number of aryl methyl sites for hydroxylation is 1. The third-order valence-corrected chi connectivity index (χ3v) is 9.78. The first-order valence-electron chi connectivity index (χ1n) is 17.5. The SMILES string of the molecule is CC(C)OC(=O)CCCCCNC(=O)[C@@]1(c2ccccc2)CC[C@H](C(=O)N2CCC(NC(=O)c3cccn(C)c3=O)CC2)c2ccccc21. The molecule has 1 aliphatic heterocycles. The van der Waals surface area contributed by atoms with Crippen LogP contribution in [-0.2, 0) is 31.6 Å². The molecular formula is C39H48N4O6. The van der Waals surface area contributed by atoms with Crippen LogP contribution in [0.2, 0.25) is 0 Å². The molecule has 0 spiro atoms. The van der Waals surface area contributed by atoms with Gasteiger partial charge in [0.2, 0.25) is 11.8 Å². The lowest BCUT2D eigenvalue weighted by molar-refractivity contribution is -0.147. The van der Waals surface area contributed by atoms with Crippen LogP contribution in [0.5, 0.6) is 0 Å². The van der Waals surface area contributed by atoms with Gasteiger partial charge in [-0.15, -0.1) is 0 Å². The Balaban J connectivity index is 1.25. The van der Waals surface area contributed by atoms with Crippen molar-refractivity contribution < 1.29 is 23.9 Å². The topological polar surface area (TPSA) is 127 Å². The molecule has 0 saturated carbocycles. The molecule has 0 radical (unpaired) electrons. The van der Waals surface area contributed by atoms with Crippen molar-refractivity contribution in [2.24, 2.45) is 7.05 Å². The number of fused-ring (bicyclic) bond motifs is 1. The summed E-state index contributed by atoms with van der Waals surface area (Å²) < 4.78 is 6.59. The number of carbonyl (C=O) groups excluding carboxylic acids is 4. The van der Waals surface area contributed by atoms with Crippen molar-refractivity contribution in [3.8, 4) is 0 Å². The molecule has 1 saturated heterocycles. The van der Waals surface area contributed by atoms with Crippen LogP contribution in [0.15, 0.2) is 77.7 Å². The molecule has 1 aliphatic carbocycles. The van der Waals surface area contributed by atoms with Crippen LogP contribution >= 0.6 is 0 Å². The van der Waals surface area contributed by atoms with E-state index < -0.39 is 11.3 Å². The van der Waals surface area contributed by atoms with Gasteiger partial charge in [0, 0.05) is 45.3 Å². The maximum Gasteiger partial charge on any atom is 0.306 e. The molecule has 2 atom stereocenters. The fourth-order valence-corrected chi connectivity index (χ4v) is 7.23. The van der Waals surface area contributed by atoms with Gasteiger partial charge in [-0.3, -0.25) is 24.0 Å². The average molecular weight is 669 g/mol. The number of pyridine rings is 1. The summed E-state index contributed by atoms with van der Waals surface area (Å²) in [5, 5.41) is 6.18. The predicted octanol–water partition coefficient (Wildman–Crippen LogP) is 4.60. The maximum absolute atomic E-state index is 14.3. The van der Waals surface area contributed by atoms with Crippen molar-refractivity contribution in [1.82, 2.24) is 20.1 Å². The largest absolute Gasteiger partial charge is 0.463 e. The number of ether oxygens (including phenoxy) is 1. The number of unbranched alkanes of at least 4 members (excludes halogenated alkanes) is 2. The molecule has 260 valence electrons. The van der Waals surface area contributed by atoms with E-state index in [2.05, 4.69) is 10.6 Å². The first-order valence-corrected chi connectivity index (χ1v) is 17.5. The third kappa shape index (κ3) is 8.12. The van der Waals surface area contributed by atoms with Crippen LogP contribution in [-0.4, -0.2) is 64.9 Å². The Labute approximate surface area is 288 Å². The Hall–Kier alpha value is -4.73. The minimum absolute atomic E-state index is 0.0345. The van der Waals surface area contributed by atoms with Gasteiger partial charge in [-0.2, -0.15) is 0 Å². The molecule has 10 nitrogen and oxygen atoms in total. The quantitative estimate of drug-likeness (QED) is 0.215. The van der Waals surface area contributed by atoms with E-state index in [1.807, 2.05) is 73.3 Å². The minimum atomic E-state index is -0.943. The Kier molecular flexibility index (Phi) is 11.7. The molecule has 10 heteroatoms. The second-order valence-corrected chi connectivity index (χ2v) is 13.5. The van der Waals surface area contributed by atoms with Crippen molar-refractivity contribution in [2.45, 2.75) is 88.7 Å². The Morgan fingerprint density at radius 3 is 2.35 bits per heavy atom. The lowest BCUT2D eigenvalue weighted by atomic mass is 9.62. The molecule has 2 aliphatic rings. The standard InChI is InChI=1S/C39H48N4O6/c1-27(2)49-34(44)18-8-5-11-23-40-38(48)39(28-13-6-4-7-14-28)22-19-31(30-15-9-10-17-33(30)39)37(47)43-25-20-29(21-26-43)41-35(45)32-16-12-24-42(3)36(32)46/h4,6-7,9-10,12-17,24,27,29,31H,5,8,11,18-23,25-26H2,1-3H3,(H,40,48)(H,41,45)/t31-,39+/m0/s1. The number of aromatic nitrogens is 1. The number of amides is 3. The molecule has 49 heavy (non-hydrogen) atoms. The van der Waals surface area contributed by atoms with E-state index in [0.717, 1.165) is 29.5 Å². The zero-order chi connectivity index (χ0) is 35.0. The van der Waals surface area contributed by atoms with Gasteiger partial charge in [0.15, 0.2) is 0 Å². The van der Waals surface area contributed by atoms with Crippen LogP contribution in [0.1, 0.15) is 98.2 Å². The molecule has 3 aromatic rings. The normalized spacial score (nSPS) is 19.2. The van der Waals surface area contributed by atoms with E-state index in [1.54, 1.807) is 19.3 Å². The Bertz CT molecular complexity index is 1690. The molecule has 1 aromatic heterocycles. The highest BCUT2D eigenvalue weighted by atomic mass is 16.5. The van der Waals surface area contributed by atoms with Crippen LogP contribution in [0.25, 0.3) is 0 Å². The lowest BCUT2D eigenvalue weighted by Crippen LogP contribution is -2.51. The summed E-state index contributed by atoms with van der Waals surface area (Å²) in [6, 6.07) is 20.7. The summed E-state index contributed by atoms with van der Waals surface area (Å²) in [6.45, 7) is 5.15. The van der Waals surface area contributed by atoms with Crippen LogP contribution in [0.4, 0.5) is 0 Å². The number of piperidine rings is 1. The van der Waals surface area contributed by atoms with Gasteiger partial charge in [0.05, 0.1) is 17.4 Å². The van der Waals surface area contributed by atoms with Gasteiger partial charge in [0.25, 0.3) is 11.5 Å². The summed E-state index contributed by atoms with van der Waals surface area (Å²) in [4.78, 5) is 67.3. The molecule has 3 amide bonds. The lowest BCUT2D eigenvalue weighted by Gasteiger charge is -2.42. The van der Waals surface area contributed by atoms with E-state index in [0.29, 0.717) is 58.2 Å². The van der Waals surface area contributed by atoms with Crippen molar-refractivity contribution in [1.29, 1.82) is 0 Å². The van der Waals surface area contributed by atoms with Crippen LogP contribution in [0.3, 0.4) is 0 Å². The van der Waals surface area contributed by atoms with Crippen molar-refractivity contribution in [2.75, 3.05) is 19.6 Å². The number of carbonyl (C=O) groups is 4. The first-order chi connectivity index (χ1) is 23.6. The van der Waals surface area contributed by atoms with Gasteiger partial charge in [-0.25, -0.2) is 0 Å². The highest BCUT2D eigenvalue weighted by Gasteiger charge is 2.48. The molecular weight excluding hydrogens is 620 g/mol. The van der Waals surface area contributed by atoms with Crippen molar-refractivity contribution in [3.63, 3.8) is 0 Å². The zero-order valence-electron chi connectivity index (χ0n) is 28.8. The Morgan fingerprint density at radius 2 is 1.61 bits per heavy atom. The summed E-state index contributed by atoms with van der Waals surface area (Å²) in [5.41, 5.74) is 1.44. The Morgan fingerprint density at radius 1 is 0.898 bits per heavy atom. The second kappa shape index (κ2) is 16.1. The molecule has 5 rings (SSSR count). The van der Waals surface area contributed by atoms with E-state index in [-0.39, 0.29) is 47.0 Å². The van der Waals surface area contributed by atoms with E-state index in [4.69, 9.17) is 4.74 Å². The third-order valence-electron chi connectivity index (χ3n) is 9.78. The summed E-state index contributed by atoms with van der Waals surface area (Å²) >= 11 is 0. The fourth-order valence-electron chi connectivity index (χ4n) is 7.23. The molecule has 2 heterocycles. The van der Waals surface area contributed by atoms with E-state index in [1.165, 1.54) is 10.6 Å². The predicted molar refractivity (Wildman–Crippen MR) is 187 cm³/mol. The molecule has 2 aromatic carbocycles. The highest BCUT2D eigenvalue weighted by Crippen LogP contribution is 2.48. The monoisotopic (exact) mass is 668 g/mol. The number of esters is 1. The van der Waals surface area contributed by atoms with Gasteiger partial charge in [-0.05, 0) is 81.2 Å². The van der Waals surface area contributed by atoms with Gasteiger partial charge < -0.3 is 24.8 Å². The van der Waals surface area contributed by atoms with Gasteiger partial charge in [-0.1, -0.05) is 61.0 Å². The highest BCUT2D eigenvalue weighted by molar-refractivity contribution is 5.95. The number of rotatable bonds is 12. The number of nitrogens with one attached hydrogen (secondary N) is 2. The fraction of sp³-hybridized carbons (Fsp3) is 0.462. The van der Waals surface area contributed by atoms with Crippen LogP contribution < -0.4 is 16.2 Å². The summed E-state index contributed by atoms with van der Waals surface area (Å²) in [6.07, 6.45) is 6.28. The molecule has 0 unspecified atom stereocenters. The zero-order valence-corrected chi connectivity index (χ0v) is 28.8. The number of hydrogen-bond acceptors (Lipinski definition) is 6. The van der Waals surface area contributed by atoms with Crippen LogP contribution in [0, 0.1) is 0 Å².